The normalized spacial score (nSPS) is 11.6. The van der Waals surface area contributed by atoms with Gasteiger partial charge in [0.15, 0.2) is 17.5 Å². The Morgan fingerprint density at radius 2 is 0.500 bits per heavy atom. The van der Waals surface area contributed by atoms with Crippen LogP contribution >= 0.6 is 0 Å². The number of hydrogen-bond acceptors (Lipinski definition) is 6. The molecule has 8 nitrogen and oxygen atoms in total. The summed E-state index contributed by atoms with van der Waals surface area (Å²) in [5, 5.41) is 9.41. The van der Waals surface area contributed by atoms with E-state index in [2.05, 4.69) is 312 Å². The zero-order valence-electron chi connectivity index (χ0n) is 60.6. The van der Waals surface area contributed by atoms with Gasteiger partial charge in [-0.15, -0.1) is 0 Å². The maximum atomic E-state index is 6.37. The molecule has 16 aromatic carbocycles. The highest BCUT2D eigenvalue weighted by Gasteiger charge is 2.21. The maximum absolute atomic E-state index is 6.37. The van der Waals surface area contributed by atoms with Crippen molar-refractivity contribution in [3.63, 3.8) is 0 Å². The number of nitrogens with zero attached hydrogens (tertiary/aromatic N) is 6. The van der Waals surface area contributed by atoms with Crippen LogP contribution in [-0.4, -0.2) is 29.1 Å². The van der Waals surface area contributed by atoms with Crippen molar-refractivity contribution in [2.45, 2.75) is 0 Å². The first-order chi connectivity index (χ1) is 55.5. The summed E-state index contributed by atoms with van der Waals surface area (Å²) >= 11 is 0. The van der Waals surface area contributed by atoms with Gasteiger partial charge in [0, 0.05) is 93.4 Å². The van der Waals surface area contributed by atoms with Crippen LogP contribution in [0.3, 0.4) is 0 Å². The molecule has 0 aliphatic heterocycles. The van der Waals surface area contributed by atoms with Gasteiger partial charge in [-0.2, -0.15) is 0 Å². The molecule has 0 saturated carbocycles. The molecule has 0 aliphatic rings. The van der Waals surface area contributed by atoms with E-state index >= 15 is 0 Å². The summed E-state index contributed by atoms with van der Waals surface area (Å²) in [6.07, 6.45) is 0. The zero-order valence-corrected chi connectivity index (χ0v) is 60.6. The van der Waals surface area contributed by atoms with Gasteiger partial charge >= 0.3 is 0 Å². The Kier molecular flexibility index (Phi) is 16.1. The number of rotatable bonds is 12. The van der Waals surface area contributed by atoms with E-state index in [1.54, 1.807) is 0 Å². The lowest BCUT2D eigenvalue weighted by Crippen LogP contribution is -2.00. The Bertz CT molecular complexity index is 7210. The second-order valence-corrected chi connectivity index (χ2v) is 28.4. The van der Waals surface area contributed by atoms with Crippen molar-refractivity contribution >= 4 is 87.5 Å². The molecule has 524 valence electrons. The maximum Gasteiger partial charge on any atom is 0.164 e. The lowest BCUT2D eigenvalue weighted by Gasteiger charge is -2.11. The van der Waals surface area contributed by atoms with Crippen LogP contribution < -0.4 is 0 Å². The van der Waals surface area contributed by atoms with Crippen molar-refractivity contribution in [2.24, 2.45) is 0 Å². The predicted octanol–water partition coefficient (Wildman–Crippen LogP) is 27.6. The van der Waals surface area contributed by atoms with Crippen molar-refractivity contribution in [3.05, 3.63) is 400 Å². The Balaban J connectivity index is 0.000000141. The average Bonchev–Trinajstić information content (AvgIpc) is 1.62. The van der Waals surface area contributed by atoms with Crippen LogP contribution in [0.4, 0.5) is 0 Å². The van der Waals surface area contributed by atoms with Crippen LogP contribution in [0, 0.1) is 0 Å². The van der Waals surface area contributed by atoms with Gasteiger partial charge in [0.1, 0.15) is 22.3 Å². The van der Waals surface area contributed by atoms with Crippen molar-refractivity contribution in [1.82, 2.24) is 29.1 Å². The highest BCUT2D eigenvalue weighted by atomic mass is 16.3. The number of para-hydroxylation sites is 6. The fraction of sp³-hybridized carbons (Fsp3) is 0. The van der Waals surface area contributed by atoms with Gasteiger partial charge in [0.05, 0.1) is 33.5 Å². The van der Waals surface area contributed by atoms with E-state index in [1.807, 2.05) is 97.1 Å². The van der Waals surface area contributed by atoms with Crippen LogP contribution in [0.5, 0.6) is 0 Å². The fourth-order valence-corrected chi connectivity index (χ4v) is 16.2. The van der Waals surface area contributed by atoms with E-state index in [0.29, 0.717) is 17.5 Å². The fourth-order valence-electron chi connectivity index (χ4n) is 16.2. The smallest absolute Gasteiger partial charge is 0.164 e. The number of aromatic nitrogens is 6. The molecule has 0 fully saturated rings. The third-order valence-corrected chi connectivity index (χ3v) is 21.7. The molecule has 112 heavy (non-hydrogen) atoms. The molecule has 0 spiro atoms. The minimum Gasteiger partial charge on any atom is -0.455 e. The average molecular weight is 1430 g/mol. The van der Waals surface area contributed by atoms with Gasteiger partial charge in [-0.05, 0) is 136 Å². The van der Waals surface area contributed by atoms with Crippen molar-refractivity contribution in [1.29, 1.82) is 0 Å². The largest absolute Gasteiger partial charge is 0.455 e. The van der Waals surface area contributed by atoms with Gasteiger partial charge in [-0.3, -0.25) is 0 Å². The van der Waals surface area contributed by atoms with E-state index in [0.717, 1.165) is 150 Å². The minimum atomic E-state index is 0.636. The third kappa shape index (κ3) is 11.7. The molecule has 6 aromatic heterocycles. The summed E-state index contributed by atoms with van der Waals surface area (Å²) in [7, 11) is 0. The minimum absolute atomic E-state index is 0.636. The number of pyridine rings is 1. The number of fused-ring (bicyclic) bond motifs is 12. The van der Waals surface area contributed by atoms with Gasteiger partial charge in [-0.1, -0.05) is 309 Å². The summed E-state index contributed by atoms with van der Waals surface area (Å²) in [6.45, 7) is 0. The monoisotopic (exact) mass is 1430 g/mol. The van der Waals surface area contributed by atoms with Crippen LogP contribution in [0.15, 0.2) is 409 Å². The van der Waals surface area contributed by atoms with Gasteiger partial charge in [0.2, 0.25) is 0 Å². The highest BCUT2D eigenvalue weighted by Crippen LogP contribution is 2.43. The van der Waals surface area contributed by atoms with Crippen LogP contribution in [-0.2, 0) is 0 Å². The molecule has 0 atom stereocenters. The lowest BCUT2D eigenvalue weighted by atomic mass is 9.97. The Hall–Kier alpha value is -15.1. The Morgan fingerprint density at radius 1 is 0.179 bits per heavy atom. The molecule has 0 amide bonds. The molecular weight excluding hydrogens is 1370 g/mol. The topological polar surface area (TPSA) is 87.7 Å². The summed E-state index contributed by atoms with van der Waals surface area (Å²) in [5.41, 5.74) is 28.8. The summed E-state index contributed by atoms with van der Waals surface area (Å²) in [4.78, 5) is 19.9. The van der Waals surface area contributed by atoms with Crippen LogP contribution in [0.25, 0.3) is 211 Å². The molecule has 0 aliphatic carbocycles. The number of benzene rings is 16. The van der Waals surface area contributed by atoms with Gasteiger partial charge in [-0.25, -0.2) is 19.9 Å². The molecule has 22 aromatic rings. The first-order valence-corrected chi connectivity index (χ1v) is 37.8. The van der Waals surface area contributed by atoms with Crippen molar-refractivity contribution < 1.29 is 8.83 Å². The first-order valence-electron chi connectivity index (χ1n) is 37.8. The molecule has 0 saturated heterocycles. The molecule has 0 radical (unpaired) electrons. The van der Waals surface area contributed by atoms with Crippen LogP contribution in [0.1, 0.15) is 0 Å². The number of furan rings is 2. The summed E-state index contributed by atoms with van der Waals surface area (Å²) in [6, 6.07) is 141. The quantitative estimate of drug-likeness (QED) is 0.121. The molecule has 22 rings (SSSR count). The lowest BCUT2D eigenvalue weighted by molar-refractivity contribution is 0.669. The zero-order chi connectivity index (χ0) is 74.0. The Morgan fingerprint density at radius 3 is 0.964 bits per heavy atom. The molecule has 0 N–H and O–H groups in total. The highest BCUT2D eigenvalue weighted by molar-refractivity contribution is 6.14. The summed E-state index contributed by atoms with van der Waals surface area (Å²) in [5.74, 6) is 1.93. The molecule has 0 unspecified atom stereocenters. The van der Waals surface area contributed by atoms with Gasteiger partial charge in [0.25, 0.3) is 0 Å². The SMILES string of the molecule is c1ccc(-c2cc(-c3ccc(-c4ccc5c(c4)c4ccccc4n5-c4ccc(-c5cccc6c5oc5ccccc56)cc4)cc3)cc(-c3ccccc3)n2)cc1.c1ccc(-c2nc(-c3ccccc3)nc(-c3cccc(-c4ccc5c(c4)c4ccccc4n5-c4ccc(-c5cccc6c5oc5ccccc56)cc4)c3)n2)cc1. The molecule has 6 heterocycles. The second-order valence-electron chi connectivity index (χ2n) is 28.4. The van der Waals surface area contributed by atoms with Crippen LogP contribution in [0.2, 0.25) is 0 Å². The first kappa shape index (κ1) is 65.2. The second kappa shape index (κ2) is 27.6. The van der Waals surface area contributed by atoms with E-state index in [-0.39, 0.29) is 0 Å². The van der Waals surface area contributed by atoms with E-state index in [9.17, 15) is 0 Å². The Labute approximate surface area is 645 Å². The third-order valence-electron chi connectivity index (χ3n) is 21.7. The van der Waals surface area contributed by atoms with Crippen molar-refractivity contribution in [2.75, 3.05) is 0 Å². The van der Waals surface area contributed by atoms with Crippen molar-refractivity contribution in [3.8, 4) is 124 Å². The van der Waals surface area contributed by atoms with E-state index in [1.165, 1.54) is 43.7 Å². The van der Waals surface area contributed by atoms with Gasteiger partial charge < -0.3 is 18.0 Å². The van der Waals surface area contributed by atoms with E-state index < -0.39 is 0 Å². The van der Waals surface area contributed by atoms with E-state index in [4.69, 9.17) is 28.8 Å². The predicted molar refractivity (Wildman–Crippen MR) is 462 cm³/mol. The molecule has 8 heteroatoms. The molecular formula is C104H66N6O2. The standard InChI is InChI=1S/C53H34N2O.C51H32N4O/c1-3-12-38(13-4-1)48-33-41(34-49(54-48)39-14-5-2-6-15-39)36-24-22-35(23-25-36)40-28-31-51-47(32-40)44-16-7-9-20-50(44)55(51)42-29-26-37(27-30-42)43-18-11-19-46-45-17-8-10-21-52(45)56-53(43)46;1-3-13-34(14-4-1)49-52-50(35-15-5-2-6-16-35)54-51(53-49)38-18-11-17-36(31-38)37-27-30-46-44(32-37)41-19-7-9-23-45(41)55(46)39-28-25-33(26-29-39)40-21-12-22-43-42-20-8-10-24-47(42)56-48(40)43/h1-34H;1-32H. The number of hydrogen-bond donors (Lipinski definition) is 0. The summed E-state index contributed by atoms with van der Waals surface area (Å²) < 4.78 is 17.5. The molecule has 0 bridgehead atoms.